The van der Waals surface area contributed by atoms with E-state index in [9.17, 15) is 28.1 Å². The number of sulfonamides is 1. The number of nitro groups is 1. The zero-order valence-corrected chi connectivity index (χ0v) is 19.1. The molecule has 172 valence electrons. The maximum Gasteiger partial charge on any atom is 0.338 e. The highest BCUT2D eigenvalue weighted by Gasteiger charge is 2.27. The molecule has 12 heteroatoms. The van der Waals surface area contributed by atoms with Crippen molar-refractivity contribution in [2.45, 2.75) is 31.8 Å². The van der Waals surface area contributed by atoms with Crippen LogP contribution in [0.1, 0.15) is 31.1 Å². The van der Waals surface area contributed by atoms with Crippen molar-refractivity contribution < 1.29 is 27.7 Å². The van der Waals surface area contributed by atoms with Gasteiger partial charge in [-0.25, -0.2) is 13.2 Å². The Morgan fingerprint density at radius 1 is 1.19 bits per heavy atom. The fourth-order valence-electron chi connectivity index (χ4n) is 2.75. The fourth-order valence-corrected chi connectivity index (χ4v) is 4.71. The lowest BCUT2D eigenvalue weighted by Gasteiger charge is -2.19. The number of hydrogen-bond donors (Lipinski definition) is 1. The van der Waals surface area contributed by atoms with Crippen molar-refractivity contribution in [1.82, 2.24) is 4.31 Å². The molecule has 0 aliphatic rings. The van der Waals surface area contributed by atoms with Crippen LogP contribution in [0.4, 0.5) is 11.4 Å². The number of halogens is 1. The number of amides is 1. The number of esters is 1. The largest absolute Gasteiger partial charge is 0.449 e. The van der Waals surface area contributed by atoms with Gasteiger partial charge in [-0.05, 0) is 31.2 Å². The monoisotopic (exact) mass is 483 g/mol. The van der Waals surface area contributed by atoms with Crippen molar-refractivity contribution in [3.05, 3.63) is 63.2 Å². The second kappa shape index (κ2) is 10.5. The molecule has 0 unspecified atom stereocenters. The quantitative estimate of drug-likeness (QED) is 0.327. The van der Waals surface area contributed by atoms with Gasteiger partial charge in [0.05, 0.1) is 15.5 Å². The molecule has 0 aliphatic heterocycles. The molecule has 0 heterocycles. The molecule has 0 saturated carbocycles. The molecule has 1 atom stereocenters. The molecular formula is C20H22ClN3O7S. The zero-order chi connectivity index (χ0) is 24.1. The van der Waals surface area contributed by atoms with Gasteiger partial charge in [-0.15, -0.1) is 0 Å². The van der Waals surface area contributed by atoms with E-state index < -0.39 is 32.9 Å². The van der Waals surface area contributed by atoms with Gasteiger partial charge in [0.2, 0.25) is 10.0 Å². The Bertz CT molecular complexity index is 1130. The maximum absolute atomic E-state index is 12.8. The number of nitro benzene ring substituents is 1. The van der Waals surface area contributed by atoms with E-state index in [0.717, 1.165) is 12.1 Å². The Morgan fingerprint density at radius 2 is 1.84 bits per heavy atom. The smallest absolute Gasteiger partial charge is 0.338 e. The number of hydrogen-bond acceptors (Lipinski definition) is 7. The molecule has 0 bridgehead atoms. The highest BCUT2D eigenvalue weighted by Crippen LogP contribution is 2.26. The molecule has 0 radical (unpaired) electrons. The van der Waals surface area contributed by atoms with Crippen LogP contribution in [0, 0.1) is 10.1 Å². The Morgan fingerprint density at radius 3 is 2.44 bits per heavy atom. The third-order valence-corrected chi connectivity index (χ3v) is 7.00. The van der Waals surface area contributed by atoms with Crippen LogP contribution in [0.25, 0.3) is 0 Å². The molecule has 0 spiro atoms. The van der Waals surface area contributed by atoms with Crippen molar-refractivity contribution in [3.8, 4) is 0 Å². The highest BCUT2D eigenvalue weighted by atomic mass is 35.5. The number of anilines is 1. The molecule has 0 aliphatic carbocycles. The van der Waals surface area contributed by atoms with Crippen LogP contribution in [-0.4, -0.2) is 48.7 Å². The number of carbonyl (C=O) groups is 2. The Kier molecular flexibility index (Phi) is 8.31. The van der Waals surface area contributed by atoms with E-state index in [0.29, 0.717) is 0 Å². The molecule has 1 N–H and O–H groups in total. The Labute approximate surface area is 190 Å². The molecule has 0 saturated heterocycles. The van der Waals surface area contributed by atoms with Crippen molar-refractivity contribution >= 4 is 44.9 Å². The molecule has 10 nitrogen and oxygen atoms in total. The maximum atomic E-state index is 12.8. The number of nitrogens with zero attached hydrogens (tertiary/aromatic N) is 2. The molecule has 1 amide bonds. The van der Waals surface area contributed by atoms with Gasteiger partial charge in [0.15, 0.2) is 6.10 Å². The van der Waals surface area contributed by atoms with Crippen LogP contribution in [0.2, 0.25) is 5.02 Å². The first kappa shape index (κ1) is 25.2. The van der Waals surface area contributed by atoms with Gasteiger partial charge in [0.1, 0.15) is 4.90 Å². The minimum Gasteiger partial charge on any atom is -0.449 e. The minimum absolute atomic E-state index is 0.0510. The topological polar surface area (TPSA) is 136 Å². The molecular weight excluding hydrogens is 462 g/mol. The zero-order valence-electron chi connectivity index (χ0n) is 17.6. The first-order valence-corrected chi connectivity index (χ1v) is 11.4. The third-order valence-electron chi connectivity index (χ3n) is 4.47. The van der Waals surface area contributed by atoms with E-state index in [1.54, 1.807) is 13.8 Å². The number of benzene rings is 2. The van der Waals surface area contributed by atoms with Crippen molar-refractivity contribution in [2.24, 2.45) is 0 Å². The van der Waals surface area contributed by atoms with Crippen LogP contribution < -0.4 is 5.32 Å². The van der Waals surface area contributed by atoms with Crippen LogP contribution in [0.5, 0.6) is 0 Å². The number of non-ortho nitro benzene ring substituents is 1. The number of rotatable bonds is 9. The van der Waals surface area contributed by atoms with Crippen LogP contribution in [-0.2, 0) is 19.6 Å². The van der Waals surface area contributed by atoms with E-state index in [1.807, 2.05) is 0 Å². The van der Waals surface area contributed by atoms with Gasteiger partial charge in [-0.2, -0.15) is 4.31 Å². The third kappa shape index (κ3) is 5.81. The van der Waals surface area contributed by atoms with E-state index in [1.165, 1.54) is 41.6 Å². The molecule has 2 aromatic rings. The van der Waals surface area contributed by atoms with Gasteiger partial charge < -0.3 is 10.1 Å². The summed E-state index contributed by atoms with van der Waals surface area (Å²) in [5.41, 5.74) is -0.156. The normalized spacial score (nSPS) is 12.3. The molecule has 2 rings (SSSR count). The molecule has 0 fully saturated rings. The number of nitrogens with one attached hydrogen (secondary N) is 1. The minimum atomic E-state index is -3.93. The van der Waals surface area contributed by atoms with Crippen LogP contribution in [0.3, 0.4) is 0 Å². The van der Waals surface area contributed by atoms with Crippen molar-refractivity contribution in [2.75, 3.05) is 18.4 Å². The van der Waals surface area contributed by atoms with Crippen molar-refractivity contribution in [1.29, 1.82) is 0 Å². The molecule has 32 heavy (non-hydrogen) atoms. The average molecular weight is 484 g/mol. The Balaban J connectivity index is 2.17. The van der Waals surface area contributed by atoms with E-state index in [4.69, 9.17) is 16.3 Å². The summed E-state index contributed by atoms with van der Waals surface area (Å²) in [6, 6.07) is 8.93. The summed E-state index contributed by atoms with van der Waals surface area (Å²) in [6.45, 7) is 5.11. The van der Waals surface area contributed by atoms with Crippen LogP contribution >= 0.6 is 11.6 Å². The van der Waals surface area contributed by atoms with Gasteiger partial charge in [-0.1, -0.05) is 31.5 Å². The number of ether oxygens (including phenoxy) is 1. The fraction of sp³-hybridized carbons (Fsp3) is 0.300. The first-order chi connectivity index (χ1) is 15.0. The van der Waals surface area contributed by atoms with Crippen molar-refractivity contribution in [3.63, 3.8) is 0 Å². The van der Waals surface area contributed by atoms with Gasteiger partial charge >= 0.3 is 5.97 Å². The summed E-state index contributed by atoms with van der Waals surface area (Å²) < 4.78 is 31.9. The molecule has 0 aromatic heterocycles. The lowest BCUT2D eigenvalue weighted by Crippen LogP contribution is -2.31. The summed E-state index contributed by atoms with van der Waals surface area (Å²) in [5, 5.41) is 13.2. The standard InChI is InChI=1S/C20H22ClN3O7S/c1-4-23(5-2)32(29,30)18-11-14(9-10-17(18)21)20(26)31-13(3)19(25)22-15-7-6-8-16(12-15)24(27)28/h6-13H,4-5H2,1-3H3,(H,22,25)/t13-/m1/s1. The summed E-state index contributed by atoms with van der Waals surface area (Å²) in [6.07, 6.45) is -1.26. The summed E-state index contributed by atoms with van der Waals surface area (Å²) in [5.74, 6) is -1.65. The average Bonchev–Trinajstić information content (AvgIpc) is 2.74. The second-order valence-corrected chi connectivity index (χ2v) is 8.89. The predicted octanol–water partition coefficient (Wildman–Crippen LogP) is 3.46. The lowest BCUT2D eigenvalue weighted by molar-refractivity contribution is -0.384. The predicted molar refractivity (Wildman–Crippen MR) is 118 cm³/mol. The van der Waals surface area contributed by atoms with Crippen LogP contribution in [0.15, 0.2) is 47.4 Å². The molecule has 2 aromatic carbocycles. The van der Waals surface area contributed by atoms with Gasteiger partial charge in [0, 0.05) is 30.9 Å². The first-order valence-electron chi connectivity index (χ1n) is 9.57. The second-order valence-electron chi connectivity index (χ2n) is 6.58. The summed E-state index contributed by atoms with van der Waals surface area (Å²) >= 11 is 6.05. The summed E-state index contributed by atoms with van der Waals surface area (Å²) in [4.78, 5) is 34.8. The number of carbonyl (C=O) groups excluding carboxylic acids is 2. The highest BCUT2D eigenvalue weighted by molar-refractivity contribution is 7.89. The van der Waals surface area contributed by atoms with E-state index in [-0.39, 0.29) is 39.9 Å². The van der Waals surface area contributed by atoms with Gasteiger partial charge in [-0.3, -0.25) is 14.9 Å². The summed E-state index contributed by atoms with van der Waals surface area (Å²) in [7, 11) is -3.93. The SMILES string of the molecule is CCN(CC)S(=O)(=O)c1cc(C(=O)O[C@H](C)C(=O)Nc2cccc([N+](=O)[O-])c2)ccc1Cl. The lowest BCUT2D eigenvalue weighted by atomic mass is 10.2. The van der Waals surface area contributed by atoms with E-state index >= 15 is 0 Å². The van der Waals surface area contributed by atoms with E-state index in [2.05, 4.69) is 5.32 Å². The van der Waals surface area contributed by atoms with Gasteiger partial charge in [0.25, 0.3) is 11.6 Å². The Hall–Kier alpha value is -3.02.